The first-order valence-corrected chi connectivity index (χ1v) is 5.40. The second-order valence-electron chi connectivity index (χ2n) is 1.52. The van der Waals surface area contributed by atoms with Gasteiger partial charge < -0.3 is 7.43 Å². The summed E-state index contributed by atoms with van der Waals surface area (Å²) in [6, 6.07) is 0. The molecule has 0 bridgehead atoms. The van der Waals surface area contributed by atoms with Crippen LogP contribution in [0.2, 0.25) is 0 Å². The molecule has 0 saturated carbocycles. The fourth-order valence-electron chi connectivity index (χ4n) is 0.338. The average molecular weight is 329 g/mol. The fourth-order valence-corrected chi connectivity index (χ4v) is 0.338. The van der Waals surface area contributed by atoms with Crippen molar-refractivity contribution in [1.82, 2.24) is 0 Å². The van der Waals surface area contributed by atoms with E-state index in [2.05, 4.69) is 25.7 Å². The van der Waals surface area contributed by atoms with E-state index in [1.807, 2.05) is 0 Å². The molecule has 11 heavy (non-hydrogen) atoms. The normalized spacial score (nSPS) is 5.64. The molecule has 0 fully saturated rings. The van der Waals surface area contributed by atoms with Crippen molar-refractivity contribution in [3.8, 4) is 11.8 Å². The Labute approximate surface area is 77.5 Å². The van der Waals surface area contributed by atoms with Gasteiger partial charge in [-0.3, -0.25) is 0 Å². The SMILES string of the molecule is CCC#CCCC.[CH3-].[O]=[Re]=[O]. The van der Waals surface area contributed by atoms with Crippen LogP contribution in [0.25, 0.3) is 0 Å². The fraction of sp³-hybridized carbons (Fsp3) is 0.625. The molecule has 0 atom stereocenters. The van der Waals surface area contributed by atoms with Crippen molar-refractivity contribution in [2.24, 2.45) is 0 Å². The van der Waals surface area contributed by atoms with Crippen LogP contribution in [0.4, 0.5) is 0 Å². The van der Waals surface area contributed by atoms with Crippen molar-refractivity contribution in [2.45, 2.75) is 33.1 Å². The van der Waals surface area contributed by atoms with Gasteiger partial charge in [-0.05, 0) is 6.42 Å². The molecule has 0 aromatic carbocycles. The molecule has 0 heterocycles. The van der Waals surface area contributed by atoms with Crippen LogP contribution >= 0.6 is 0 Å². The molecule has 0 radical (unpaired) electrons. The van der Waals surface area contributed by atoms with E-state index in [0.717, 1.165) is 12.8 Å². The molecule has 0 aliphatic carbocycles. The summed E-state index contributed by atoms with van der Waals surface area (Å²) in [4.78, 5) is 0. The van der Waals surface area contributed by atoms with E-state index in [4.69, 9.17) is 6.94 Å². The summed E-state index contributed by atoms with van der Waals surface area (Å²) in [5.41, 5.74) is 0. The predicted molar refractivity (Wildman–Crippen MR) is 40.8 cm³/mol. The number of rotatable bonds is 1. The van der Waals surface area contributed by atoms with Crippen LogP contribution in [-0.4, -0.2) is 0 Å². The zero-order valence-electron chi connectivity index (χ0n) is 7.32. The molecule has 0 saturated heterocycles. The zero-order valence-corrected chi connectivity index (χ0v) is 10.0. The second kappa shape index (κ2) is 22.6. The molecule has 0 N–H and O–H groups in total. The van der Waals surface area contributed by atoms with Gasteiger partial charge in [-0.15, -0.1) is 11.8 Å². The van der Waals surface area contributed by atoms with Crippen molar-refractivity contribution < 1.29 is 24.8 Å². The molecule has 0 rings (SSSR count). The predicted octanol–water partition coefficient (Wildman–Crippen LogP) is 2.41. The van der Waals surface area contributed by atoms with Gasteiger partial charge in [0, 0.05) is 12.8 Å². The molecule has 0 aromatic heterocycles. The van der Waals surface area contributed by atoms with Crippen LogP contribution < -0.4 is 0 Å². The Morgan fingerprint density at radius 1 is 1.18 bits per heavy atom. The van der Waals surface area contributed by atoms with Gasteiger partial charge in [-0.1, -0.05) is 13.8 Å². The van der Waals surface area contributed by atoms with Crippen LogP contribution in [0, 0.1) is 19.3 Å². The number of hydrogen-bond acceptors (Lipinski definition) is 2. The Morgan fingerprint density at radius 2 is 1.64 bits per heavy atom. The van der Waals surface area contributed by atoms with E-state index >= 15 is 0 Å². The van der Waals surface area contributed by atoms with Gasteiger partial charge in [0.2, 0.25) is 0 Å². The second-order valence-corrected chi connectivity index (χ2v) is 1.97. The van der Waals surface area contributed by atoms with Gasteiger partial charge >= 0.3 is 24.8 Å². The topological polar surface area (TPSA) is 34.1 Å². The molecule has 0 spiro atoms. The van der Waals surface area contributed by atoms with Gasteiger partial charge in [0.05, 0.1) is 0 Å². The Morgan fingerprint density at radius 3 is 1.91 bits per heavy atom. The third kappa shape index (κ3) is 41.1. The third-order valence-electron chi connectivity index (χ3n) is 0.677. The summed E-state index contributed by atoms with van der Waals surface area (Å²) in [6.45, 7) is 4.22. The van der Waals surface area contributed by atoms with E-state index in [-0.39, 0.29) is 7.43 Å². The summed E-state index contributed by atoms with van der Waals surface area (Å²) < 4.78 is 17.1. The first kappa shape index (κ1) is 17.1. The Bertz CT molecular complexity index is 138. The summed E-state index contributed by atoms with van der Waals surface area (Å²) >= 11 is -2.17. The van der Waals surface area contributed by atoms with Crippen molar-refractivity contribution in [3.05, 3.63) is 7.43 Å². The van der Waals surface area contributed by atoms with Gasteiger partial charge in [-0.2, -0.15) is 0 Å². The quantitative estimate of drug-likeness (QED) is 0.547. The molecular formula is C8H15O2Re-. The summed E-state index contributed by atoms with van der Waals surface area (Å²) in [7, 11) is 0. The first-order chi connectivity index (χ1) is 4.83. The molecule has 2 nitrogen and oxygen atoms in total. The van der Waals surface area contributed by atoms with E-state index in [1.165, 1.54) is 6.42 Å². The van der Waals surface area contributed by atoms with E-state index < -0.39 is 17.9 Å². The summed E-state index contributed by atoms with van der Waals surface area (Å²) in [6.07, 6.45) is 3.25. The number of hydrogen-bond donors (Lipinski definition) is 0. The Hall–Kier alpha value is -0.178. The molecule has 0 unspecified atom stereocenters. The van der Waals surface area contributed by atoms with Crippen molar-refractivity contribution in [2.75, 3.05) is 0 Å². The minimum absolute atomic E-state index is 0. The van der Waals surface area contributed by atoms with E-state index in [0.29, 0.717) is 0 Å². The third-order valence-corrected chi connectivity index (χ3v) is 0.677. The molecule has 0 aromatic rings. The molecule has 0 aliphatic rings. The van der Waals surface area contributed by atoms with E-state index in [9.17, 15) is 0 Å². The molecule has 3 heteroatoms. The Kier molecular flexibility index (Phi) is 35.0. The molecule has 0 aliphatic heterocycles. The van der Waals surface area contributed by atoms with Crippen molar-refractivity contribution in [3.63, 3.8) is 0 Å². The maximum absolute atomic E-state index is 8.53. The van der Waals surface area contributed by atoms with Gasteiger partial charge in [0.15, 0.2) is 0 Å². The average Bonchev–Trinajstić information content (AvgIpc) is 1.91. The molecular weight excluding hydrogens is 314 g/mol. The summed E-state index contributed by atoms with van der Waals surface area (Å²) in [5, 5.41) is 0. The Balaban J connectivity index is -0.000000140. The standard InChI is InChI=1S/C7H12.CH3.2O.Re/c1-3-5-7-6-4-2;;;;/h3-5H2,1-2H3;1H3;;;/q;-1;;;. The van der Waals surface area contributed by atoms with Gasteiger partial charge in [0.25, 0.3) is 0 Å². The summed E-state index contributed by atoms with van der Waals surface area (Å²) in [5.74, 6) is 6.03. The number of unbranched alkanes of at least 4 members (excludes halogenated alkanes) is 1. The zero-order chi connectivity index (χ0) is 8.24. The van der Waals surface area contributed by atoms with Crippen LogP contribution in [0.5, 0.6) is 0 Å². The minimum atomic E-state index is -2.17. The first-order valence-electron chi connectivity index (χ1n) is 3.18. The van der Waals surface area contributed by atoms with Gasteiger partial charge in [0.1, 0.15) is 0 Å². The van der Waals surface area contributed by atoms with Gasteiger partial charge in [-0.25, -0.2) is 0 Å². The van der Waals surface area contributed by atoms with E-state index in [1.54, 1.807) is 0 Å². The van der Waals surface area contributed by atoms with Crippen LogP contribution in [0.15, 0.2) is 0 Å². The molecule has 0 amide bonds. The van der Waals surface area contributed by atoms with Crippen LogP contribution in [-0.2, 0) is 24.8 Å². The van der Waals surface area contributed by atoms with Crippen molar-refractivity contribution >= 4 is 0 Å². The van der Waals surface area contributed by atoms with Crippen molar-refractivity contribution in [1.29, 1.82) is 0 Å². The monoisotopic (exact) mass is 330 g/mol. The van der Waals surface area contributed by atoms with Crippen LogP contribution in [0.3, 0.4) is 0 Å². The van der Waals surface area contributed by atoms with Crippen LogP contribution in [0.1, 0.15) is 33.1 Å². The molecule has 67 valence electrons. The maximum atomic E-state index is 8.53.